The van der Waals surface area contributed by atoms with Crippen LogP contribution in [0.5, 0.6) is 5.75 Å². The second-order valence-corrected chi connectivity index (χ2v) is 6.34. The smallest absolute Gasteiger partial charge is 0.264 e. The van der Waals surface area contributed by atoms with Gasteiger partial charge < -0.3 is 4.74 Å². The van der Waals surface area contributed by atoms with Crippen LogP contribution in [-0.2, 0) is 4.79 Å². The number of ether oxygens (including phenoxy) is 1. The Morgan fingerprint density at radius 2 is 1.84 bits per heavy atom. The SMILES string of the molecule is Cc1cc(C)cc(OCC(=O)Nc2nc(-c3ccc(F)cc3)ns2)c1. The predicted molar refractivity (Wildman–Crippen MR) is 95.3 cm³/mol. The summed E-state index contributed by atoms with van der Waals surface area (Å²) in [4.78, 5) is 16.2. The van der Waals surface area contributed by atoms with Crippen LogP contribution >= 0.6 is 11.5 Å². The first kappa shape index (κ1) is 17.0. The van der Waals surface area contributed by atoms with Gasteiger partial charge in [0, 0.05) is 17.1 Å². The van der Waals surface area contributed by atoms with Crippen LogP contribution < -0.4 is 10.1 Å². The first-order chi connectivity index (χ1) is 12.0. The number of carbonyl (C=O) groups is 1. The maximum Gasteiger partial charge on any atom is 0.264 e. The summed E-state index contributed by atoms with van der Waals surface area (Å²) < 4.78 is 22.6. The largest absolute Gasteiger partial charge is 0.484 e. The highest BCUT2D eigenvalue weighted by Gasteiger charge is 2.10. The minimum absolute atomic E-state index is 0.117. The lowest BCUT2D eigenvalue weighted by Crippen LogP contribution is -2.20. The summed E-state index contributed by atoms with van der Waals surface area (Å²) in [7, 11) is 0. The van der Waals surface area contributed by atoms with Crippen molar-refractivity contribution in [3.05, 3.63) is 59.4 Å². The number of carbonyl (C=O) groups excluding carboxylic acids is 1. The van der Waals surface area contributed by atoms with Crippen LogP contribution in [0.2, 0.25) is 0 Å². The summed E-state index contributed by atoms with van der Waals surface area (Å²) in [6.45, 7) is 3.82. The van der Waals surface area contributed by atoms with Gasteiger partial charge in [0.25, 0.3) is 5.91 Å². The molecule has 0 bridgehead atoms. The van der Waals surface area contributed by atoms with E-state index in [4.69, 9.17) is 4.74 Å². The molecule has 0 spiro atoms. The molecule has 0 saturated carbocycles. The second kappa shape index (κ2) is 7.40. The molecule has 0 fully saturated rings. The maximum absolute atomic E-state index is 12.9. The number of hydrogen-bond acceptors (Lipinski definition) is 5. The fraction of sp³-hybridized carbons (Fsp3) is 0.167. The molecular formula is C18H16FN3O2S. The molecule has 0 aliphatic rings. The van der Waals surface area contributed by atoms with Crippen molar-refractivity contribution in [2.24, 2.45) is 0 Å². The number of benzene rings is 2. The average Bonchev–Trinajstić information content (AvgIpc) is 3.01. The Hall–Kier alpha value is -2.80. The van der Waals surface area contributed by atoms with Crippen LogP contribution in [0.15, 0.2) is 42.5 Å². The van der Waals surface area contributed by atoms with Gasteiger partial charge in [-0.2, -0.15) is 9.36 Å². The summed E-state index contributed by atoms with van der Waals surface area (Å²) in [5.41, 5.74) is 2.83. The lowest BCUT2D eigenvalue weighted by molar-refractivity contribution is -0.118. The average molecular weight is 357 g/mol. The maximum atomic E-state index is 12.9. The van der Waals surface area contributed by atoms with Crippen LogP contribution in [0.1, 0.15) is 11.1 Å². The molecular weight excluding hydrogens is 341 g/mol. The number of aromatic nitrogens is 2. The topological polar surface area (TPSA) is 64.1 Å². The summed E-state index contributed by atoms with van der Waals surface area (Å²) in [5, 5.41) is 3.02. The second-order valence-electron chi connectivity index (χ2n) is 5.59. The molecule has 2 aromatic carbocycles. The van der Waals surface area contributed by atoms with Crippen LogP contribution in [-0.4, -0.2) is 21.9 Å². The third-order valence-corrected chi connectivity index (χ3v) is 3.97. The summed E-state index contributed by atoms with van der Waals surface area (Å²) in [6.07, 6.45) is 0. The molecule has 25 heavy (non-hydrogen) atoms. The highest BCUT2D eigenvalue weighted by Crippen LogP contribution is 2.21. The van der Waals surface area contributed by atoms with Crippen LogP contribution in [0.3, 0.4) is 0 Å². The van der Waals surface area contributed by atoms with Crippen molar-refractivity contribution < 1.29 is 13.9 Å². The van der Waals surface area contributed by atoms with Gasteiger partial charge in [-0.05, 0) is 61.4 Å². The van der Waals surface area contributed by atoms with Gasteiger partial charge in [0.05, 0.1) is 0 Å². The van der Waals surface area contributed by atoms with Crippen molar-refractivity contribution in [2.45, 2.75) is 13.8 Å². The molecule has 3 aromatic rings. The number of aryl methyl sites for hydroxylation is 2. The minimum Gasteiger partial charge on any atom is -0.484 e. The molecule has 0 atom stereocenters. The highest BCUT2D eigenvalue weighted by molar-refractivity contribution is 7.10. The number of amides is 1. The Labute approximate surface area is 148 Å². The number of halogens is 1. The Bertz CT molecular complexity index is 873. The zero-order chi connectivity index (χ0) is 17.8. The molecule has 128 valence electrons. The van der Waals surface area contributed by atoms with Crippen LogP contribution in [0, 0.1) is 19.7 Å². The van der Waals surface area contributed by atoms with E-state index in [1.807, 2.05) is 32.0 Å². The molecule has 0 radical (unpaired) electrons. The van der Waals surface area contributed by atoms with Crippen molar-refractivity contribution in [1.29, 1.82) is 0 Å². The fourth-order valence-electron chi connectivity index (χ4n) is 2.31. The Kier molecular flexibility index (Phi) is 5.04. The predicted octanol–water partition coefficient (Wildman–Crippen LogP) is 3.98. The Morgan fingerprint density at radius 3 is 2.52 bits per heavy atom. The number of anilines is 1. The van der Waals surface area contributed by atoms with Gasteiger partial charge in [0.15, 0.2) is 12.4 Å². The molecule has 0 aliphatic carbocycles. The molecule has 0 aliphatic heterocycles. The van der Waals surface area contributed by atoms with E-state index in [1.165, 1.54) is 12.1 Å². The van der Waals surface area contributed by atoms with Gasteiger partial charge in [0.1, 0.15) is 11.6 Å². The van der Waals surface area contributed by atoms with Gasteiger partial charge >= 0.3 is 0 Å². The van der Waals surface area contributed by atoms with E-state index in [-0.39, 0.29) is 18.3 Å². The molecule has 0 saturated heterocycles. The molecule has 1 aromatic heterocycles. The summed E-state index contributed by atoms with van der Waals surface area (Å²) in [5.74, 6) is 0.449. The van der Waals surface area contributed by atoms with E-state index in [9.17, 15) is 9.18 Å². The van der Waals surface area contributed by atoms with Crippen molar-refractivity contribution in [3.8, 4) is 17.1 Å². The Morgan fingerprint density at radius 1 is 1.16 bits per heavy atom. The molecule has 7 heteroatoms. The number of hydrogen-bond donors (Lipinski definition) is 1. The molecule has 0 unspecified atom stereocenters. The highest BCUT2D eigenvalue weighted by atomic mass is 32.1. The monoisotopic (exact) mass is 357 g/mol. The standard InChI is InChI=1S/C18H16FN3O2S/c1-11-7-12(2)9-15(8-11)24-10-16(23)20-18-21-17(22-25-18)13-3-5-14(19)6-4-13/h3-9H,10H2,1-2H3,(H,20,21,22,23). The number of rotatable bonds is 5. The number of nitrogens with zero attached hydrogens (tertiary/aromatic N) is 2. The van der Waals surface area contributed by atoms with E-state index in [1.54, 1.807) is 12.1 Å². The van der Waals surface area contributed by atoms with E-state index in [2.05, 4.69) is 14.7 Å². The molecule has 1 N–H and O–H groups in total. The first-order valence-electron chi connectivity index (χ1n) is 7.60. The van der Waals surface area contributed by atoms with Gasteiger partial charge in [-0.15, -0.1) is 0 Å². The molecule has 5 nitrogen and oxygen atoms in total. The molecule has 3 rings (SSSR count). The third kappa shape index (κ3) is 4.60. The third-order valence-electron chi connectivity index (χ3n) is 3.34. The van der Waals surface area contributed by atoms with Crippen molar-refractivity contribution in [3.63, 3.8) is 0 Å². The van der Waals surface area contributed by atoms with Gasteiger partial charge in [-0.3, -0.25) is 10.1 Å². The first-order valence-corrected chi connectivity index (χ1v) is 8.37. The minimum atomic E-state index is -0.323. The zero-order valence-electron chi connectivity index (χ0n) is 13.7. The van der Waals surface area contributed by atoms with E-state index >= 15 is 0 Å². The zero-order valence-corrected chi connectivity index (χ0v) is 14.6. The Balaban J connectivity index is 1.59. The van der Waals surface area contributed by atoms with Crippen molar-refractivity contribution in [2.75, 3.05) is 11.9 Å². The van der Waals surface area contributed by atoms with Gasteiger partial charge in [-0.1, -0.05) is 6.07 Å². The van der Waals surface area contributed by atoms with E-state index in [0.717, 1.165) is 22.7 Å². The molecule has 1 amide bonds. The van der Waals surface area contributed by atoms with Crippen molar-refractivity contribution in [1.82, 2.24) is 9.36 Å². The summed E-state index contributed by atoms with van der Waals surface area (Å²) >= 11 is 1.06. The fourth-order valence-corrected chi connectivity index (χ4v) is 2.92. The normalized spacial score (nSPS) is 10.5. The lowest BCUT2D eigenvalue weighted by atomic mass is 10.1. The van der Waals surface area contributed by atoms with Gasteiger partial charge in [-0.25, -0.2) is 4.39 Å². The molecule has 1 heterocycles. The van der Waals surface area contributed by atoms with E-state index < -0.39 is 0 Å². The van der Waals surface area contributed by atoms with Crippen molar-refractivity contribution >= 4 is 22.6 Å². The van der Waals surface area contributed by atoms with Crippen LogP contribution in [0.25, 0.3) is 11.4 Å². The van der Waals surface area contributed by atoms with Crippen LogP contribution in [0.4, 0.5) is 9.52 Å². The quantitative estimate of drug-likeness (QED) is 0.750. The van der Waals surface area contributed by atoms with E-state index in [0.29, 0.717) is 22.3 Å². The number of nitrogens with one attached hydrogen (secondary N) is 1. The van der Waals surface area contributed by atoms with Gasteiger partial charge in [0.2, 0.25) is 5.13 Å². The lowest BCUT2D eigenvalue weighted by Gasteiger charge is -2.07. The summed E-state index contributed by atoms with van der Waals surface area (Å²) in [6, 6.07) is 11.6.